The quantitative estimate of drug-likeness (QED) is 0.335. The second kappa shape index (κ2) is 11.8. The van der Waals surface area contributed by atoms with E-state index < -0.39 is 0 Å². The minimum Gasteiger partial charge on any atom is -0.352 e. The Balaban J connectivity index is 0.00000341. The standard InChI is InChI=1S/C22H29FN6O.HI/c1-16(17-8-5-4-6-9-17)26-22(25-14-20(30)28(2)3)27-18-11-13-29(15-18)21-19(23)10-7-12-24-21;/h4-10,12,16,18H,11,13-15H2,1-3H3,(H2,25,26,27);1H. The number of guanidine groups is 1. The summed E-state index contributed by atoms with van der Waals surface area (Å²) in [6, 6.07) is 13.1. The number of amides is 1. The van der Waals surface area contributed by atoms with Crippen LogP contribution in [0.15, 0.2) is 53.7 Å². The minimum absolute atomic E-state index is 0. The van der Waals surface area contributed by atoms with E-state index >= 15 is 0 Å². The molecule has 0 saturated carbocycles. The largest absolute Gasteiger partial charge is 0.352 e. The first-order valence-corrected chi connectivity index (χ1v) is 10.1. The predicted octanol–water partition coefficient (Wildman–Crippen LogP) is 2.80. The first kappa shape index (κ1) is 24.8. The molecule has 0 aliphatic carbocycles. The lowest BCUT2D eigenvalue weighted by atomic mass is 10.1. The lowest BCUT2D eigenvalue weighted by molar-refractivity contribution is -0.127. The molecule has 2 heterocycles. The Morgan fingerprint density at radius 2 is 2.03 bits per heavy atom. The van der Waals surface area contributed by atoms with Gasteiger partial charge in [-0.05, 0) is 31.0 Å². The van der Waals surface area contributed by atoms with E-state index in [2.05, 4.69) is 20.6 Å². The van der Waals surface area contributed by atoms with Crippen molar-refractivity contribution in [2.24, 2.45) is 4.99 Å². The number of hydrogen-bond donors (Lipinski definition) is 2. The fraction of sp³-hybridized carbons (Fsp3) is 0.409. The van der Waals surface area contributed by atoms with Gasteiger partial charge < -0.3 is 20.4 Å². The predicted molar refractivity (Wildman–Crippen MR) is 132 cm³/mol. The zero-order valence-electron chi connectivity index (χ0n) is 18.1. The molecule has 1 saturated heterocycles. The average molecular weight is 540 g/mol. The van der Waals surface area contributed by atoms with Crippen LogP contribution in [0, 0.1) is 5.82 Å². The van der Waals surface area contributed by atoms with Gasteiger partial charge >= 0.3 is 0 Å². The maximum Gasteiger partial charge on any atom is 0.243 e. The van der Waals surface area contributed by atoms with E-state index in [0.717, 1.165) is 12.0 Å². The molecule has 1 fully saturated rings. The summed E-state index contributed by atoms with van der Waals surface area (Å²) in [5.41, 5.74) is 1.12. The van der Waals surface area contributed by atoms with Crippen molar-refractivity contribution in [1.82, 2.24) is 20.5 Å². The van der Waals surface area contributed by atoms with Crippen LogP contribution in [0.3, 0.4) is 0 Å². The number of carbonyl (C=O) groups excluding carboxylic acids is 1. The third-order valence-electron chi connectivity index (χ3n) is 5.09. The van der Waals surface area contributed by atoms with Gasteiger partial charge in [0.2, 0.25) is 5.91 Å². The topological polar surface area (TPSA) is 72.9 Å². The normalized spacial score (nSPS) is 17.0. The van der Waals surface area contributed by atoms with Gasteiger partial charge in [-0.2, -0.15) is 0 Å². The number of aromatic nitrogens is 1. The van der Waals surface area contributed by atoms with Crippen LogP contribution in [0.5, 0.6) is 0 Å². The highest BCUT2D eigenvalue weighted by molar-refractivity contribution is 14.0. The zero-order chi connectivity index (χ0) is 21.5. The van der Waals surface area contributed by atoms with E-state index in [4.69, 9.17) is 0 Å². The lowest BCUT2D eigenvalue weighted by Gasteiger charge is -2.23. The van der Waals surface area contributed by atoms with Crippen LogP contribution >= 0.6 is 24.0 Å². The second-order valence-electron chi connectivity index (χ2n) is 7.61. The van der Waals surface area contributed by atoms with E-state index in [1.807, 2.05) is 42.2 Å². The third kappa shape index (κ3) is 7.05. The molecule has 1 aliphatic heterocycles. The van der Waals surface area contributed by atoms with E-state index in [1.54, 1.807) is 26.4 Å². The Bertz CT molecular complexity index is 879. The van der Waals surface area contributed by atoms with Crippen LogP contribution in [0.4, 0.5) is 10.2 Å². The van der Waals surface area contributed by atoms with Crippen LogP contribution in [0.2, 0.25) is 0 Å². The number of carbonyl (C=O) groups is 1. The molecular weight excluding hydrogens is 510 g/mol. The fourth-order valence-electron chi connectivity index (χ4n) is 3.33. The monoisotopic (exact) mass is 540 g/mol. The molecule has 3 rings (SSSR count). The fourth-order valence-corrected chi connectivity index (χ4v) is 3.33. The second-order valence-corrected chi connectivity index (χ2v) is 7.61. The maximum absolute atomic E-state index is 14.1. The third-order valence-corrected chi connectivity index (χ3v) is 5.09. The molecule has 0 radical (unpaired) electrons. The highest BCUT2D eigenvalue weighted by Crippen LogP contribution is 2.21. The number of anilines is 1. The van der Waals surface area contributed by atoms with Gasteiger partial charge in [-0.1, -0.05) is 30.3 Å². The highest BCUT2D eigenvalue weighted by atomic mass is 127. The smallest absolute Gasteiger partial charge is 0.243 e. The summed E-state index contributed by atoms with van der Waals surface area (Å²) >= 11 is 0. The van der Waals surface area contributed by atoms with Gasteiger partial charge in [0.1, 0.15) is 6.54 Å². The van der Waals surface area contributed by atoms with E-state index in [9.17, 15) is 9.18 Å². The summed E-state index contributed by atoms with van der Waals surface area (Å²) in [5.74, 6) is 0.537. The molecule has 2 atom stereocenters. The zero-order valence-corrected chi connectivity index (χ0v) is 20.4. The molecule has 168 valence electrons. The molecule has 31 heavy (non-hydrogen) atoms. The molecule has 1 aliphatic rings. The van der Waals surface area contributed by atoms with Crippen molar-refractivity contribution in [3.63, 3.8) is 0 Å². The Morgan fingerprint density at radius 1 is 1.29 bits per heavy atom. The summed E-state index contributed by atoms with van der Waals surface area (Å²) in [6.07, 6.45) is 2.42. The van der Waals surface area contributed by atoms with Gasteiger partial charge in [-0.15, -0.1) is 24.0 Å². The van der Waals surface area contributed by atoms with Gasteiger partial charge in [0.15, 0.2) is 17.6 Å². The first-order chi connectivity index (χ1) is 14.4. The number of benzene rings is 1. The molecular formula is C22H30FIN6O. The van der Waals surface area contributed by atoms with Crippen LogP contribution in [0.25, 0.3) is 0 Å². The number of nitrogens with one attached hydrogen (secondary N) is 2. The van der Waals surface area contributed by atoms with Crippen molar-refractivity contribution < 1.29 is 9.18 Å². The van der Waals surface area contributed by atoms with Crippen LogP contribution in [-0.4, -0.2) is 61.5 Å². The van der Waals surface area contributed by atoms with Crippen molar-refractivity contribution >= 4 is 41.7 Å². The number of hydrogen-bond acceptors (Lipinski definition) is 4. The van der Waals surface area contributed by atoms with Gasteiger partial charge in [0, 0.05) is 39.4 Å². The van der Waals surface area contributed by atoms with Crippen molar-refractivity contribution in [2.75, 3.05) is 38.6 Å². The van der Waals surface area contributed by atoms with Gasteiger partial charge in [-0.25, -0.2) is 14.4 Å². The Morgan fingerprint density at radius 3 is 2.71 bits per heavy atom. The Hall–Kier alpha value is -2.43. The van der Waals surface area contributed by atoms with E-state index in [0.29, 0.717) is 24.9 Å². The molecule has 2 unspecified atom stereocenters. The van der Waals surface area contributed by atoms with Crippen molar-refractivity contribution in [3.8, 4) is 0 Å². The molecule has 1 aromatic heterocycles. The van der Waals surface area contributed by atoms with E-state index in [1.165, 1.54) is 11.0 Å². The SMILES string of the molecule is CC(NC(=NCC(=O)N(C)C)NC1CCN(c2ncccc2F)C1)c1ccccc1.I. The Labute approximate surface area is 200 Å². The number of pyridine rings is 1. The molecule has 0 spiro atoms. The lowest BCUT2D eigenvalue weighted by Crippen LogP contribution is -2.46. The van der Waals surface area contributed by atoms with Crippen LogP contribution < -0.4 is 15.5 Å². The average Bonchev–Trinajstić information content (AvgIpc) is 3.20. The summed E-state index contributed by atoms with van der Waals surface area (Å²) < 4.78 is 14.1. The summed E-state index contributed by atoms with van der Waals surface area (Å²) in [4.78, 5) is 24.1. The number of aliphatic imine (C=N–C) groups is 1. The molecule has 1 aromatic carbocycles. The van der Waals surface area contributed by atoms with Gasteiger partial charge in [-0.3, -0.25) is 4.79 Å². The first-order valence-electron chi connectivity index (χ1n) is 10.1. The molecule has 0 bridgehead atoms. The summed E-state index contributed by atoms with van der Waals surface area (Å²) in [5, 5.41) is 6.79. The van der Waals surface area contributed by atoms with Gasteiger partial charge in [0.25, 0.3) is 0 Å². The number of likely N-dealkylation sites (N-methyl/N-ethyl adjacent to an activating group) is 1. The number of nitrogens with zero attached hydrogens (tertiary/aromatic N) is 4. The van der Waals surface area contributed by atoms with Gasteiger partial charge in [0.05, 0.1) is 6.04 Å². The van der Waals surface area contributed by atoms with E-state index in [-0.39, 0.29) is 54.3 Å². The summed E-state index contributed by atoms with van der Waals surface area (Å²) in [6.45, 7) is 3.40. The van der Waals surface area contributed by atoms with Crippen molar-refractivity contribution in [2.45, 2.75) is 25.4 Å². The van der Waals surface area contributed by atoms with Crippen molar-refractivity contribution in [1.29, 1.82) is 0 Å². The highest BCUT2D eigenvalue weighted by Gasteiger charge is 2.26. The Kier molecular flexibility index (Phi) is 9.47. The molecule has 7 nitrogen and oxygen atoms in total. The number of rotatable bonds is 6. The molecule has 1 amide bonds. The summed E-state index contributed by atoms with van der Waals surface area (Å²) in [7, 11) is 3.42. The maximum atomic E-state index is 14.1. The molecule has 2 aromatic rings. The van der Waals surface area contributed by atoms with Crippen molar-refractivity contribution in [3.05, 3.63) is 60.0 Å². The molecule has 2 N–H and O–H groups in total. The van der Waals surface area contributed by atoms with Crippen LogP contribution in [-0.2, 0) is 4.79 Å². The molecule has 9 heteroatoms. The number of halogens is 2. The minimum atomic E-state index is -0.320. The van der Waals surface area contributed by atoms with Crippen LogP contribution in [0.1, 0.15) is 24.9 Å².